The molecule has 1 N–H and O–H groups in total. The maximum Gasteiger partial charge on any atom is 0.331 e. The molecule has 2 bridgehead atoms. The van der Waals surface area contributed by atoms with Crippen molar-refractivity contribution in [1.82, 2.24) is 0 Å². The molecule has 0 unspecified atom stereocenters. The van der Waals surface area contributed by atoms with Crippen molar-refractivity contribution in [3.8, 4) is 11.5 Å². The Morgan fingerprint density at radius 1 is 0.820 bits per heavy atom. The molecule has 13 heteroatoms. The number of esters is 4. The first-order valence-corrected chi connectivity index (χ1v) is 20.4. The molecule has 322 valence electrons. The fraction of sp³-hybridized carbons (Fsp3) is 0.438. The Kier molecular flexibility index (Phi) is 11.9. The van der Waals surface area contributed by atoms with Gasteiger partial charge in [0.25, 0.3) is 0 Å². The van der Waals surface area contributed by atoms with E-state index < -0.39 is 88.1 Å². The van der Waals surface area contributed by atoms with Gasteiger partial charge in [0, 0.05) is 51.0 Å². The van der Waals surface area contributed by atoms with Crippen molar-refractivity contribution in [2.75, 3.05) is 6.61 Å². The zero-order valence-corrected chi connectivity index (χ0v) is 35.4. The lowest BCUT2D eigenvalue weighted by atomic mass is 9.44. The normalized spacial score (nSPS) is 31.3. The van der Waals surface area contributed by atoms with Crippen molar-refractivity contribution < 1.29 is 62.2 Å². The van der Waals surface area contributed by atoms with Crippen molar-refractivity contribution in [3.63, 3.8) is 0 Å². The average Bonchev–Trinajstić information content (AvgIpc) is 3.20. The van der Waals surface area contributed by atoms with Crippen LogP contribution in [0.15, 0.2) is 102 Å². The summed E-state index contributed by atoms with van der Waals surface area (Å²) in [7, 11) is 0. The first-order valence-electron chi connectivity index (χ1n) is 20.4. The molecule has 3 aromatic rings. The van der Waals surface area contributed by atoms with Crippen LogP contribution in [0.4, 0.5) is 0 Å². The van der Waals surface area contributed by atoms with Gasteiger partial charge in [0.1, 0.15) is 35.4 Å². The van der Waals surface area contributed by atoms with Crippen LogP contribution in [-0.2, 0) is 59.0 Å². The summed E-state index contributed by atoms with van der Waals surface area (Å²) < 4.78 is 43.2. The minimum absolute atomic E-state index is 0.0572. The lowest BCUT2D eigenvalue weighted by Gasteiger charge is -2.68. The summed E-state index contributed by atoms with van der Waals surface area (Å²) in [6.45, 7) is 10.1. The Bertz CT molecular complexity index is 2230. The molecule has 13 nitrogen and oxygen atoms in total. The van der Waals surface area contributed by atoms with Crippen LogP contribution >= 0.6 is 0 Å². The number of hydrogen-bond acceptors (Lipinski definition) is 13. The van der Waals surface area contributed by atoms with Gasteiger partial charge in [-0.2, -0.15) is 0 Å². The smallest absolute Gasteiger partial charge is 0.331 e. The van der Waals surface area contributed by atoms with Gasteiger partial charge in [-0.1, -0.05) is 74.5 Å². The fourth-order valence-corrected chi connectivity index (χ4v) is 10.1. The highest BCUT2D eigenvalue weighted by molar-refractivity contribution is 5.96. The van der Waals surface area contributed by atoms with E-state index in [-0.39, 0.29) is 31.6 Å². The summed E-state index contributed by atoms with van der Waals surface area (Å²) >= 11 is 0. The van der Waals surface area contributed by atoms with Gasteiger partial charge in [-0.05, 0) is 66.5 Å². The predicted molar refractivity (Wildman–Crippen MR) is 220 cm³/mol. The number of Topliss-reactive ketones (excluding diaryl/α,β-unsaturated/α-hetero) is 1. The number of hydrogen-bond donors (Lipinski definition) is 1. The molecule has 0 amide bonds. The zero-order chi connectivity index (χ0) is 43.9. The third-order valence-electron chi connectivity index (χ3n) is 13.0. The highest BCUT2D eigenvalue weighted by atomic mass is 16.6. The summed E-state index contributed by atoms with van der Waals surface area (Å²) in [6, 6.07) is 25.6. The molecule has 0 spiro atoms. The van der Waals surface area contributed by atoms with Gasteiger partial charge >= 0.3 is 23.9 Å². The van der Waals surface area contributed by atoms with Crippen molar-refractivity contribution >= 4 is 35.7 Å². The minimum Gasteiger partial charge on any atom is -0.458 e. The molecule has 61 heavy (non-hydrogen) atoms. The van der Waals surface area contributed by atoms with Crippen LogP contribution in [0.5, 0.6) is 11.5 Å². The molecule has 0 radical (unpaired) electrons. The summed E-state index contributed by atoms with van der Waals surface area (Å²) in [5.41, 5.74) is -4.84. The van der Waals surface area contributed by atoms with E-state index in [1.807, 2.05) is 60.7 Å². The van der Waals surface area contributed by atoms with E-state index in [9.17, 15) is 24.3 Å². The monoisotopic (exact) mass is 836 g/mol. The van der Waals surface area contributed by atoms with E-state index in [1.165, 1.54) is 26.8 Å². The summed E-state index contributed by atoms with van der Waals surface area (Å²) in [5.74, 6) is -3.60. The molecule has 4 aliphatic rings. The summed E-state index contributed by atoms with van der Waals surface area (Å²) in [4.78, 5) is 68.6. The number of para-hydroxylation sites is 1. The molecule has 1 saturated heterocycles. The predicted octanol–water partition coefficient (Wildman–Crippen LogP) is 6.64. The van der Waals surface area contributed by atoms with Gasteiger partial charge in [-0.15, -0.1) is 0 Å². The van der Waals surface area contributed by atoms with Gasteiger partial charge in [0.15, 0.2) is 17.5 Å². The van der Waals surface area contributed by atoms with E-state index in [4.69, 9.17) is 33.2 Å². The largest absolute Gasteiger partial charge is 0.458 e. The Morgan fingerprint density at radius 2 is 1.44 bits per heavy atom. The lowest BCUT2D eigenvalue weighted by Crippen LogP contribution is -2.82. The molecule has 7 rings (SSSR count). The van der Waals surface area contributed by atoms with Crippen LogP contribution in [0.3, 0.4) is 0 Å². The Labute approximate surface area is 354 Å². The van der Waals surface area contributed by atoms with Gasteiger partial charge in [0.05, 0.1) is 24.7 Å². The zero-order valence-electron chi connectivity index (χ0n) is 35.4. The van der Waals surface area contributed by atoms with Gasteiger partial charge < -0.3 is 38.3 Å². The van der Waals surface area contributed by atoms with Gasteiger partial charge in [-0.25, -0.2) is 4.79 Å². The van der Waals surface area contributed by atoms with Gasteiger partial charge in [0.2, 0.25) is 0 Å². The van der Waals surface area contributed by atoms with E-state index in [1.54, 1.807) is 58.0 Å². The lowest BCUT2D eigenvalue weighted by molar-refractivity contribution is -0.352. The van der Waals surface area contributed by atoms with E-state index in [0.29, 0.717) is 22.6 Å². The van der Waals surface area contributed by atoms with Crippen molar-refractivity contribution in [1.29, 1.82) is 0 Å². The Morgan fingerprint density at radius 3 is 2.03 bits per heavy atom. The molecule has 1 heterocycles. The number of carbonyl (C=O) groups is 5. The van der Waals surface area contributed by atoms with Crippen LogP contribution in [0, 0.1) is 16.7 Å². The summed E-state index contributed by atoms with van der Waals surface area (Å²) in [6.07, 6.45) is -3.78. The first-order chi connectivity index (χ1) is 28.9. The Hall–Kier alpha value is -5.63. The second-order valence-electron chi connectivity index (χ2n) is 17.1. The molecular formula is C48H52O13. The number of ketones is 1. The molecule has 0 aromatic heterocycles. The topological polar surface area (TPSA) is 170 Å². The highest BCUT2D eigenvalue weighted by Crippen LogP contribution is 2.65. The highest BCUT2D eigenvalue weighted by Gasteiger charge is 2.78. The number of fused-ring (bicyclic) bond motifs is 5. The molecule has 2 saturated carbocycles. The first kappa shape index (κ1) is 43.5. The number of rotatable bonds is 11. The number of carbonyl (C=O) groups excluding carboxylic acids is 5. The second-order valence-corrected chi connectivity index (χ2v) is 17.1. The molecule has 1 aliphatic heterocycles. The molecule has 3 aliphatic carbocycles. The molecule has 3 fully saturated rings. The molecule has 3 aromatic carbocycles. The third kappa shape index (κ3) is 7.90. The van der Waals surface area contributed by atoms with Crippen LogP contribution in [0.25, 0.3) is 6.08 Å². The van der Waals surface area contributed by atoms with E-state index in [0.717, 1.165) is 5.56 Å². The van der Waals surface area contributed by atoms with Crippen molar-refractivity contribution in [3.05, 3.63) is 113 Å². The number of aliphatic hydroxyl groups is 1. The van der Waals surface area contributed by atoms with Crippen LogP contribution < -0.4 is 4.74 Å². The second kappa shape index (κ2) is 16.7. The standard InChI is InChI=1S/C48H52O13/c1-28-36(57-29(2)49)25-48(54)44(55-26-33-14-10-8-11-15-33)42-46(7,43(53)41(58-30(3)50)40(28)45(48,5)6)37(24-38-47(42,27-56-38)61-31(4)51)60-39(52)23-20-32-18-21-35(22-19-32)59-34-16-12-9-13-17-34/h8-23,36-38,41-42,44,54H,24-27H2,1-7H3/b23-20+/t36-,37-,38+,41+,42-,44-,46+,47-,48+/m0/s1. The van der Waals surface area contributed by atoms with Gasteiger partial charge in [-0.3, -0.25) is 19.2 Å². The fourth-order valence-electron chi connectivity index (χ4n) is 10.1. The quantitative estimate of drug-likeness (QED) is 0.0945. The van der Waals surface area contributed by atoms with Crippen molar-refractivity contribution in [2.45, 2.75) is 110 Å². The summed E-state index contributed by atoms with van der Waals surface area (Å²) in [5, 5.41) is 13.6. The maximum absolute atomic E-state index is 15.9. The van der Waals surface area contributed by atoms with E-state index >= 15 is 4.79 Å². The molecular weight excluding hydrogens is 785 g/mol. The van der Waals surface area contributed by atoms with Crippen molar-refractivity contribution in [2.24, 2.45) is 16.7 Å². The maximum atomic E-state index is 15.9. The number of benzene rings is 3. The SMILES string of the molecule is CC(=O)O[C@H]1C(=O)[C@]2(C)[C@@H](OC(=O)/C=C/c3ccc(Oc4ccccc4)cc3)C[C@H]3OC[C@@]3(OC(C)=O)[C@H]2[C@H](OCc2ccccc2)[C@]2(O)C[C@H](OC(C)=O)C(C)=C1C2(C)C. The van der Waals surface area contributed by atoms with Crippen LogP contribution in [-0.4, -0.2) is 83.1 Å². The number of ether oxygens (including phenoxy) is 7. The van der Waals surface area contributed by atoms with Crippen LogP contribution in [0.2, 0.25) is 0 Å². The van der Waals surface area contributed by atoms with Crippen LogP contribution in [0.1, 0.15) is 72.4 Å². The van der Waals surface area contributed by atoms with E-state index in [2.05, 4.69) is 0 Å². The molecule has 9 atom stereocenters. The third-order valence-corrected chi connectivity index (χ3v) is 13.0. The minimum atomic E-state index is -2.02. The average molecular weight is 837 g/mol. The Balaban J connectivity index is 1.35.